The quantitative estimate of drug-likeness (QED) is 0.357. The van der Waals surface area contributed by atoms with Crippen LogP contribution in [0.15, 0.2) is 0 Å². The molecule has 0 aromatic carbocycles. The lowest BCUT2D eigenvalue weighted by Crippen LogP contribution is -2.10. The lowest BCUT2D eigenvalue weighted by molar-refractivity contribution is -0.142. The fourth-order valence-corrected chi connectivity index (χ4v) is 2.88. The topological polar surface area (TPSA) is 26.3 Å². The van der Waals surface area contributed by atoms with E-state index in [1.807, 2.05) is 0 Å². The van der Waals surface area contributed by atoms with Gasteiger partial charge >= 0.3 is 5.97 Å². The Morgan fingerprint density at radius 3 is 1.95 bits per heavy atom. The predicted octanol–water partition coefficient (Wildman–Crippen LogP) is 5.25. The highest BCUT2D eigenvalue weighted by Crippen LogP contribution is 2.53. The van der Waals surface area contributed by atoms with Gasteiger partial charge in [0, 0.05) is 0 Å². The number of carbonyl (C=O) groups excluding carboxylic acids is 1. The van der Waals surface area contributed by atoms with Gasteiger partial charge in [0.1, 0.15) is 0 Å². The maximum Gasteiger partial charge on any atom is 0.306 e. The Balaban J connectivity index is 1.89. The molecule has 2 heteroatoms. The SMILES string of the molecule is CCCCCCCCCCCC1(CC(=O)OC)CC1. The van der Waals surface area contributed by atoms with Crippen LogP contribution in [0.4, 0.5) is 0 Å². The summed E-state index contributed by atoms with van der Waals surface area (Å²) in [6.45, 7) is 2.27. The van der Waals surface area contributed by atoms with Crippen molar-refractivity contribution in [3.05, 3.63) is 0 Å². The van der Waals surface area contributed by atoms with Crippen molar-refractivity contribution in [2.45, 2.75) is 90.4 Å². The lowest BCUT2D eigenvalue weighted by atomic mass is 9.94. The van der Waals surface area contributed by atoms with E-state index in [1.165, 1.54) is 84.2 Å². The Bertz CT molecular complexity index is 244. The van der Waals surface area contributed by atoms with Crippen LogP contribution in [-0.4, -0.2) is 13.1 Å². The molecule has 0 N–H and O–H groups in total. The molecule has 1 aliphatic carbocycles. The minimum Gasteiger partial charge on any atom is -0.469 e. The van der Waals surface area contributed by atoms with E-state index in [4.69, 9.17) is 4.74 Å². The molecule has 0 unspecified atom stereocenters. The minimum atomic E-state index is -0.0200. The molecule has 1 rings (SSSR count). The smallest absolute Gasteiger partial charge is 0.306 e. The molecule has 1 fully saturated rings. The summed E-state index contributed by atoms with van der Waals surface area (Å²) in [5.41, 5.74) is 0.341. The van der Waals surface area contributed by atoms with Gasteiger partial charge in [0.2, 0.25) is 0 Å². The first-order valence-corrected chi connectivity index (χ1v) is 8.29. The number of methoxy groups -OCH3 is 1. The highest BCUT2D eigenvalue weighted by atomic mass is 16.5. The molecule has 0 aromatic heterocycles. The third-order valence-corrected chi connectivity index (χ3v) is 4.51. The third-order valence-electron chi connectivity index (χ3n) is 4.51. The monoisotopic (exact) mass is 268 g/mol. The van der Waals surface area contributed by atoms with Crippen LogP contribution in [0.25, 0.3) is 0 Å². The third kappa shape index (κ3) is 7.59. The first-order valence-electron chi connectivity index (χ1n) is 8.29. The van der Waals surface area contributed by atoms with Crippen molar-refractivity contribution in [1.82, 2.24) is 0 Å². The molecule has 0 heterocycles. The van der Waals surface area contributed by atoms with Crippen LogP contribution < -0.4 is 0 Å². The molecule has 0 spiro atoms. The van der Waals surface area contributed by atoms with E-state index in [0.717, 1.165) is 0 Å². The summed E-state index contributed by atoms with van der Waals surface area (Å²) in [5, 5.41) is 0. The summed E-state index contributed by atoms with van der Waals surface area (Å²) in [6, 6.07) is 0. The zero-order valence-electron chi connectivity index (χ0n) is 13.0. The first-order chi connectivity index (χ1) is 9.22. The van der Waals surface area contributed by atoms with Gasteiger partial charge in [-0.2, -0.15) is 0 Å². The molecule has 2 nitrogen and oxygen atoms in total. The fraction of sp³-hybridized carbons (Fsp3) is 0.941. The van der Waals surface area contributed by atoms with Gasteiger partial charge in [0.25, 0.3) is 0 Å². The zero-order valence-corrected chi connectivity index (χ0v) is 13.0. The van der Waals surface area contributed by atoms with Gasteiger partial charge in [-0.05, 0) is 24.7 Å². The van der Waals surface area contributed by atoms with Crippen molar-refractivity contribution in [1.29, 1.82) is 0 Å². The number of carbonyl (C=O) groups is 1. The maximum atomic E-state index is 11.3. The fourth-order valence-electron chi connectivity index (χ4n) is 2.88. The molecular formula is C17H32O2. The largest absolute Gasteiger partial charge is 0.469 e. The van der Waals surface area contributed by atoms with E-state index < -0.39 is 0 Å². The van der Waals surface area contributed by atoms with Crippen molar-refractivity contribution in [3.8, 4) is 0 Å². The second-order valence-corrected chi connectivity index (χ2v) is 6.33. The van der Waals surface area contributed by atoms with Crippen LogP contribution in [0.2, 0.25) is 0 Å². The van der Waals surface area contributed by atoms with Crippen molar-refractivity contribution in [2.24, 2.45) is 5.41 Å². The van der Waals surface area contributed by atoms with Crippen LogP contribution in [0, 0.1) is 5.41 Å². The van der Waals surface area contributed by atoms with Crippen molar-refractivity contribution < 1.29 is 9.53 Å². The highest BCUT2D eigenvalue weighted by Gasteiger charge is 2.43. The van der Waals surface area contributed by atoms with Crippen molar-refractivity contribution >= 4 is 5.97 Å². The molecule has 112 valence electrons. The van der Waals surface area contributed by atoms with Crippen LogP contribution in [-0.2, 0) is 9.53 Å². The van der Waals surface area contributed by atoms with Crippen molar-refractivity contribution in [3.63, 3.8) is 0 Å². The molecule has 0 saturated heterocycles. The Kier molecular flexibility index (Phi) is 8.16. The van der Waals surface area contributed by atoms with Crippen LogP contribution in [0.1, 0.15) is 90.4 Å². The molecule has 0 radical (unpaired) electrons. The zero-order chi connectivity index (χ0) is 14.0. The summed E-state index contributed by atoms with van der Waals surface area (Å²) in [6.07, 6.45) is 16.7. The molecule has 1 saturated carbocycles. The van der Waals surface area contributed by atoms with Gasteiger partial charge in [-0.15, -0.1) is 0 Å². The first kappa shape index (κ1) is 16.5. The average molecular weight is 268 g/mol. The molecular weight excluding hydrogens is 236 g/mol. The Morgan fingerprint density at radius 2 is 1.47 bits per heavy atom. The van der Waals surface area contributed by atoms with Gasteiger partial charge in [-0.1, -0.05) is 64.7 Å². The summed E-state index contributed by atoms with van der Waals surface area (Å²) < 4.78 is 4.78. The number of rotatable bonds is 12. The summed E-state index contributed by atoms with van der Waals surface area (Å²) >= 11 is 0. The van der Waals surface area contributed by atoms with Crippen molar-refractivity contribution in [2.75, 3.05) is 7.11 Å². The normalized spacial score (nSPS) is 16.3. The Labute approximate surface area is 119 Å². The maximum absolute atomic E-state index is 11.3. The van der Waals surface area contributed by atoms with E-state index >= 15 is 0 Å². The number of unbranched alkanes of at least 4 members (excludes halogenated alkanes) is 8. The second-order valence-electron chi connectivity index (χ2n) is 6.33. The lowest BCUT2D eigenvalue weighted by Gasteiger charge is -2.13. The molecule has 0 amide bonds. The average Bonchev–Trinajstić information content (AvgIpc) is 3.16. The Morgan fingerprint density at radius 1 is 0.947 bits per heavy atom. The molecule has 0 aliphatic heterocycles. The molecule has 19 heavy (non-hydrogen) atoms. The van der Waals surface area contributed by atoms with Gasteiger partial charge in [-0.25, -0.2) is 0 Å². The van der Waals surface area contributed by atoms with Crippen LogP contribution in [0.3, 0.4) is 0 Å². The van der Waals surface area contributed by atoms with Crippen LogP contribution in [0.5, 0.6) is 0 Å². The standard InChI is InChI=1S/C17H32O2/c1-3-4-5-6-7-8-9-10-11-12-17(13-14-17)15-16(18)19-2/h3-15H2,1-2H3. The number of esters is 1. The van der Waals surface area contributed by atoms with E-state index in [0.29, 0.717) is 11.8 Å². The van der Waals surface area contributed by atoms with Gasteiger partial charge in [-0.3, -0.25) is 4.79 Å². The molecule has 1 aliphatic rings. The van der Waals surface area contributed by atoms with Gasteiger partial charge in [0.05, 0.1) is 13.5 Å². The van der Waals surface area contributed by atoms with Gasteiger partial charge in [0.15, 0.2) is 0 Å². The molecule has 0 aromatic rings. The minimum absolute atomic E-state index is 0.0200. The second kappa shape index (κ2) is 9.39. The Hall–Kier alpha value is -0.530. The number of hydrogen-bond acceptors (Lipinski definition) is 2. The van der Waals surface area contributed by atoms with Crippen LogP contribution >= 0.6 is 0 Å². The van der Waals surface area contributed by atoms with E-state index in [-0.39, 0.29) is 5.97 Å². The molecule has 0 bridgehead atoms. The summed E-state index contributed by atoms with van der Waals surface area (Å²) in [5.74, 6) is -0.0200. The number of ether oxygens (including phenoxy) is 1. The predicted molar refractivity (Wildman–Crippen MR) is 80.1 cm³/mol. The van der Waals surface area contributed by atoms with E-state index in [9.17, 15) is 4.79 Å². The highest BCUT2D eigenvalue weighted by molar-refractivity contribution is 5.70. The number of hydrogen-bond donors (Lipinski definition) is 0. The summed E-state index contributed by atoms with van der Waals surface area (Å²) in [7, 11) is 1.50. The van der Waals surface area contributed by atoms with E-state index in [2.05, 4.69) is 6.92 Å². The van der Waals surface area contributed by atoms with Gasteiger partial charge < -0.3 is 4.74 Å². The van der Waals surface area contributed by atoms with E-state index in [1.54, 1.807) is 0 Å². The molecule has 0 atom stereocenters. The summed E-state index contributed by atoms with van der Waals surface area (Å²) in [4.78, 5) is 11.3.